The normalized spacial score (nSPS) is 11.6. The number of amides is 1. The highest BCUT2D eigenvalue weighted by atomic mass is 35.5. The van der Waals surface area contributed by atoms with E-state index in [-0.39, 0.29) is 10.6 Å². The number of nitro benzene ring substituents is 1. The molecule has 0 saturated carbocycles. The number of carbonyl (C=O) groups excluding carboxylic acids is 2. The van der Waals surface area contributed by atoms with Crippen LogP contribution in [-0.2, 0) is 9.53 Å². The van der Waals surface area contributed by atoms with Crippen LogP contribution in [0.1, 0.15) is 17.3 Å². The number of rotatable bonds is 4. The molecule has 1 aromatic carbocycles. The van der Waals surface area contributed by atoms with Gasteiger partial charge in [-0.3, -0.25) is 14.9 Å². The van der Waals surface area contributed by atoms with Gasteiger partial charge in [-0.05, 0) is 19.1 Å². The first-order valence-electron chi connectivity index (χ1n) is 5.60. The van der Waals surface area contributed by atoms with Crippen LogP contribution < -0.4 is 0 Å². The monoisotopic (exact) mass is 300 g/mol. The van der Waals surface area contributed by atoms with Crippen molar-refractivity contribution in [2.75, 3.05) is 14.1 Å². The molecule has 7 nitrogen and oxygen atoms in total. The van der Waals surface area contributed by atoms with Crippen LogP contribution in [0, 0.1) is 10.1 Å². The van der Waals surface area contributed by atoms with E-state index in [0.29, 0.717) is 0 Å². The molecule has 0 unspecified atom stereocenters. The molecule has 8 heteroatoms. The SMILES string of the molecule is C[C@H](OC(=O)c1cc(Cl)ccc1[N+](=O)[O-])C(=O)N(C)C. The molecular weight excluding hydrogens is 288 g/mol. The molecule has 108 valence electrons. The highest BCUT2D eigenvalue weighted by molar-refractivity contribution is 6.31. The van der Waals surface area contributed by atoms with E-state index >= 15 is 0 Å². The topological polar surface area (TPSA) is 89.7 Å². The zero-order chi connectivity index (χ0) is 15.4. The van der Waals surface area contributed by atoms with Crippen molar-refractivity contribution < 1.29 is 19.2 Å². The number of benzene rings is 1. The van der Waals surface area contributed by atoms with Crippen molar-refractivity contribution in [3.05, 3.63) is 38.9 Å². The Morgan fingerprint density at radius 2 is 2.00 bits per heavy atom. The average Bonchev–Trinajstić information content (AvgIpc) is 2.36. The first kappa shape index (κ1) is 15.9. The van der Waals surface area contributed by atoms with E-state index in [2.05, 4.69) is 0 Å². The lowest BCUT2D eigenvalue weighted by Crippen LogP contribution is -2.35. The fourth-order valence-corrected chi connectivity index (χ4v) is 1.64. The molecule has 0 fully saturated rings. The summed E-state index contributed by atoms with van der Waals surface area (Å²) in [5.74, 6) is -1.40. The summed E-state index contributed by atoms with van der Waals surface area (Å²) in [6.45, 7) is 1.39. The van der Waals surface area contributed by atoms with Gasteiger partial charge in [0.2, 0.25) is 0 Å². The predicted molar refractivity (Wildman–Crippen MR) is 71.7 cm³/mol. The summed E-state index contributed by atoms with van der Waals surface area (Å²) < 4.78 is 4.91. The Bertz CT molecular complexity index is 559. The Labute approximate surface area is 120 Å². The largest absolute Gasteiger partial charge is 0.449 e. The molecule has 0 saturated heterocycles. The number of esters is 1. The molecule has 1 amide bonds. The van der Waals surface area contributed by atoms with E-state index in [1.165, 1.54) is 32.0 Å². The van der Waals surface area contributed by atoms with Crippen LogP contribution in [-0.4, -0.2) is 41.9 Å². The molecule has 0 aliphatic heterocycles. The first-order valence-corrected chi connectivity index (χ1v) is 5.98. The molecule has 0 bridgehead atoms. The van der Waals surface area contributed by atoms with Crippen molar-refractivity contribution in [3.8, 4) is 0 Å². The number of hydrogen-bond donors (Lipinski definition) is 0. The fraction of sp³-hybridized carbons (Fsp3) is 0.333. The standard InChI is InChI=1S/C12H13ClN2O5/c1-7(11(16)14(2)3)20-12(17)9-6-8(13)4-5-10(9)15(18)19/h4-7H,1-3H3/t7-/m0/s1. The number of hydrogen-bond acceptors (Lipinski definition) is 5. The van der Waals surface area contributed by atoms with E-state index in [4.69, 9.17) is 16.3 Å². The minimum atomic E-state index is -1.05. The summed E-state index contributed by atoms with van der Waals surface area (Å²) in [7, 11) is 3.02. The summed E-state index contributed by atoms with van der Waals surface area (Å²) >= 11 is 5.71. The molecule has 20 heavy (non-hydrogen) atoms. The van der Waals surface area contributed by atoms with Crippen LogP contribution in [0.5, 0.6) is 0 Å². The summed E-state index contributed by atoms with van der Waals surface area (Å²) in [6.07, 6.45) is -1.05. The quantitative estimate of drug-likeness (QED) is 0.481. The van der Waals surface area contributed by atoms with Crippen LogP contribution in [0.4, 0.5) is 5.69 Å². The third-order valence-electron chi connectivity index (χ3n) is 2.45. The Morgan fingerprint density at radius 3 is 2.50 bits per heavy atom. The zero-order valence-corrected chi connectivity index (χ0v) is 11.9. The molecule has 1 atom stereocenters. The third kappa shape index (κ3) is 3.67. The maximum absolute atomic E-state index is 11.9. The van der Waals surface area contributed by atoms with Crippen molar-refractivity contribution >= 4 is 29.2 Å². The number of nitro groups is 1. The Morgan fingerprint density at radius 1 is 1.40 bits per heavy atom. The number of likely N-dealkylation sites (N-methyl/N-ethyl adjacent to an activating group) is 1. The second kappa shape index (κ2) is 6.33. The Hall–Kier alpha value is -2.15. The molecule has 1 rings (SSSR count). The summed E-state index contributed by atoms with van der Waals surface area (Å²) in [5.41, 5.74) is -0.718. The predicted octanol–water partition coefficient (Wildman–Crippen LogP) is 1.88. The Balaban J connectivity index is 3.01. The first-order chi connectivity index (χ1) is 9.23. The zero-order valence-electron chi connectivity index (χ0n) is 11.1. The van der Waals surface area contributed by atoms with Crippen molar-refractivity contribution in [1.82, 2.24) is 4.90 Å². The number of halogens is 1. The fourth-order valence-electron chi connectivity index (χ4n) is 1.47. The molecular formula is C12H13ClN2O5. The smallest absolute Gasteiger partial charge is 0.345 e. The average molecular weight is 301 g/mol. The molecule has 1 aromatic rings. The maximum Gasteiger partial charge on any atom is 0.345 e. The number of ether oxygens (including phenoxy) is 1. The molecule has 0 aliphatic carbocycles. The lowest BCUT2D eigenvalue weighted by molar-refractivity contribution is -0.385. The Kier molecular flexibility index (Phi) is 5.04. The van der Waals surface area contributed by atoms with Gasteiger partial charge in [-0.2, -0.15) is 0 Å². The second-order valence-corrected chi connectivity index (χ2v) is 4.64. The van der Waals surface area contributed by atoms with E-state index in [0.717, 1.165) is 12.1 Å². The van der Waals surface area contributed by atoms with E-state index < -0.39 is 28.6 Å². The maximum atomic E-state index is 11.9. The van der Waals surface area contributed by atoms with Gasteiger partial charge in [0.25, 0.3) is 11.6 Å². The van der Waals surface area contributed by atoms with Gasteiger partial charge in [-0.15, -0.1) is 0 Å². The van der Waals surface area contributed by atoms with E-state index in [9.17, 15) is 19.7 Å². The highest BCUT2D eigenvalue weighted by Gasteiger charge is 2.26. The van der Waals surface area contributed by atoms with Gasteiger partial charge in [-0.25, -0.2) is 4.79 Å². The molecule has 0 aliphatic rings. The molecule has 0 N–H and O–H groups in total. The van der Waals surface area contributed by atoms with Crippen molar-refractivity contribution in [2.24, 2.45) is 0 Å². The van der Waals surface area contributed by atoms with Crippen LogP contribution in [0.3, 0.4) is 0 Å². The molecule has 0 heterocycles. The minimum absolute atomic E-state index is 0.161. The van der Waals surface area contributed by atoms with Gasteiger partial charge >= 0.3 is 5.97 Å². The summed E-state index contributed by atoms with van der Waals surface area (Å²) in [6, 6.07) is 3.54. The number of nitrogens with zero attached hydrogens (tertiary/aromatic N) is 2. The number of carbonyl (C=O) groups is 2. The molecule has 0 spiro atoms. The van der Waals surface area contributed by atoms with Crippen molar-refractivity contribution in [1.29, 1.82) is 0 Å². The van der Waals surface area contributed by atoms with Crippen LogP contribution in [0.15, 0.2) is 18.2 Å². The summed E-state index contributed by atoms with van der Waals surface area (Å²) in [5, 5.41) is 11.0. The van der Waals surface area contributed by atoms with E-state index in [1.807, 2.05) is 0 Å². The van der Waals surface area contributed by atoms with Gasteiger partial charge in [0.1, 0.15) is 5.56 Å². The van der Waals surface area contributed by atoms with Crippen LogP contribution >= 0.6 is 11.6 Å². The molecule has 0 aromatic heterocycles. The van der Waals surface area contributed by atoms with Gasteiger partial charge in [-0.1, -0.05) is 11.6 Å². The van der Waals surface area contributed by atoms with E-state index in [1.54, 1.807) is 0 Å². The summed E-state index contributed by atoms with van der Waals surface area (Å²) in [4.78, 5) is 34.9. The van der Waals surface area contributed by atoms with Crippen LogP contribution in [0.25, 0.3) is 0 Å². The van der Waals surface area contributed by atoms with Gasteiger partial charge in [0.05, 0.1) is 4.92 Å². The van der Waals surface area contributed by atoms with Gasteiger partial charge in [0, 0.05) is 25.2 Å². The third-order valence-corrected chi connectivity index (χ3v) is 2.68. The van der Waals surface area contributed by atoms with Gasteiger partial charge < -0.3 is 9.64 Å². The second-order valence-electron chi connectivity index (χ2n) is 4.20. The molecule has 0 radical (unpaired) electrons. The van der Waals surface area contributed by atoms with Crippen molar-refractivity contribution in [3.63, 3.8) is 0 Å². The minimum Gasteiger partial charge on any atom is -0.449 e. The lowest BCUT2D eigenvalue weighted by atomic mass is 10.2. The van der Waals surface area contributed by atoms with Crippen molar-refractivity contribution in [2.45, 2.75) is 13.0 Å². The lowest BCUT2D eigenvalue weighted by Gasteiger charge is -2.17. The van der Waals surface area contributed by atoms with Gasteiger partial charge in [0.15, 0.2) is 6.10 Å². The highest BCUT2D eigenvalue weighted by Crippen LogP contribution is 2.23. The van der Waals surface area contributed by atoms with Crippen LogP contribution in [0.2, 0.25) is 5.02 Å².